The van der Waals surface area contributed by atoms with Crippen LogP contribution >= 0.6 is 0 Å². The summed E-state index contributed by atoms with van der Waals surface area (Å²) in [5.74, 6) is 0. The molecule has 0 bridgehead atoms. The van der Waals surface area contributed by atoms with E-state index in [9.17, 15) is 0 Å². The Bertz CT molecular complexity index is 1540. The van der Waals surface area contributed by atoms with Gasteiger partial charge in [0.05, 0.1) is 0 Å². The van der Waals surface area contributed by atoms with Crippen LogP contribution in [0.5, 0.6) is 0 Å². The SMILES string of the molecule is Cc1ccc(C)cc1.Cc1ccc2cc(C)ccc2c1.Cc1ccc2ccc(C)cc2c1.Cc1cccc(C)c1. The van der Waals surface area contributed by atoms with Crippen molar-refractivity contribution in [3.05, 3.63) is 166 Å². The maximum atomic E-state index is 2.22. The van der Waals surface area contributed by atoms with E-state index in [-0.39, 0.29) is 0 Å². The normalized spacial score (nSPS) is 10.0. The van der Waals surface area contributed by atoms with Gasteiger partial charge in [-0.05, 0) is 76.9 Å². The molecule has 0 heteroatoms. The second-order valence-electron chi connectivity index (χ2n) is 11.0. The lowest BCUT2D eigenvalue weighted by molar-refractivity contribution is 1.39. The van der Waals surface area contributed by atoms with Gasteiger partial charge in [0.25, 0.3) is 0 Å². The molecule has 204 valence electrons. The van der Waals surface area contributed by atoms with E-state index < -0.39 is 0 Å². The molecular formula is C40H44. The average molecular weight is 525 g/mol. The topological polar surface area (TPSA) is 0 Å². The number of rotatable bonds is 0. The van der Waals surface area contributed by atoms with Gasteiger partial charge in [0.1, 0.15) is 0 Å². The van der Waals surface area contributed by atoms with Crippen LogP contribution in [0.3, 0.4) is 0 Å². The first-order valence-corrected chi connectivity index (χ1v) is 14.1. The van der Waals surface area contributed by atoms with Crippen LogP contribution in [0, 0.1) is 55.4 Å². The average Bonchev–Trinajstić information content (AvgIpc) is 2.91. The molecule has 0 aliphatic heterocycles. The van der Waals surface area contributed by atoms with Crippen molar-refractivity contribution in [2.24, 2.45) is 0 Å². The van der Waals surface area contributed by atoms with E-state index in [0.717, 1.165) is 0 Å². The minimum absolute atomic E-state index is 1.33. The Morgan fingerprint density at radius 3 is 0.825 bits per heavy atom. The summed E-state index contributed by atoms with van der Waals surface area (Å²) in [6, 6.07) is 43.1. The lowest BCUT2D eigenvalue weighted by Crippen LogP contribution is -1.76. The molecule has 0 radical (unpaired) electrons. The number of fused-ring (bicyclic) bond motifs is 2. The van der Waals surface area contributed by atoms with E-state index in [1.807, 2.05) is 0 Å². The molecule has 0 saturated carbocycles. The van der Waals surface area contributed by atoms with Gasteiger partial charge < -0.3 is 0 Å². The van der Waals surface area contributed by atoms with Gasteiger partial charge in [-0.2, -0.15) is 0 Å². The molecular weight excluding hydrogens is 480 g/mol. The summed E-state index contributed by atoms with van der Waals surface area (Å²) in [5.41, 5.74) is 10.6. The number of aryl methyl sites for hydroxylation is 8. The molecule has 0 fully saturated rings. The third-order valence-electron chi connectivity index (χ3n) is 6.69. The van der Waals surface area contributed by atoms with E-state index in [0.29, 0.717) is 0 Å². The molecule has 0 N–H and O–H groups in total. The summed E-state index contributed by atoms with van der Waals surface area (Å²) >= 11 is 0. The van der Waals surface area contributed by atoms with Crippen molar-refractivity contribution in [2.75, 3.05) is 0 Å². The van der Waals surface area contributed by atoms with Crippen molar-refractivity contribution in [1.82, 2.24) is 0 Å². The first kappa shape index (κ1) is 30.4. The molecule has 6 aromatic rings. The molecule has 0 amide bonds. The highest BCUT2D eigenvalue weighted by Crippen LogP contribution is 2.18. The first-order chi connectivity index (χ1) is 19.1. The zero-order valence-electron chi connectivity index (χ0n) is 25.5. The molecule has 0 spiro atoms. The number of hydrogen-bond donors (Lipinski definition) is 0. The van der Waals surface area contributed by atoms with Crippen molar-refractivity contribution in [3.63, 3.8) is 0 Å². The molecule has 6 rings (SSSR count). The van der Waals surface area contributed by atoms with Crippen LogP contribution in [0.4, 0.5) is 0 Å². The summed E-state index contributed by atoms with van der Waals surface area (Å²) in [7, 11) is 0. The van der Waals surface area contributed by atoms with Crippen molar-refractivity contribution in [2.45, 2.75) is 55.4 Å². The molecule has 0 saturated heterocycles. The van der Waals surface area contributed by atoms with Crippen molar-refractivity contribution < 1.29 is 0 Å². The molecule has 0 nitrogen and oxygen atoms in total. The van der Waals surface area contributed by atoms with Gasteiger partial charge in [0, 0.05) is 0 Å². The Morgan fingerprint density at radius 1 is 0.225 bits per heavy atom. The Labute approximate surface area is 242 Å². The van der Waals surface area contributed by atoms with Crippen LogP contribution in [-0.2, 0) is 0 Å². The van der Waals surface area contributed by atoms with E-state index in [2.05, 4.69) is 177 Å². The fraction of sp³-hybridized carbons (Fsp3) is 0.200. The Morgan fingerprint density at radius 2 is 0.500 bits per heavy atom. The van der Waals surface area contributed by atoms with Crippen LogP contribution in [0.25, 0.3) is 21.5 Å². The highest BCUT2D eigenvalue weighted by molar-refractivity contribution is 5.84. The van der Waals surface area contributed by atoms with E-state index in [4.69, 9.17) is 0 Å². The van der Waals surface area contributed by atoms with Crippen LogP contribution in [-0.4, -0.2) is 0 Å². The first-order valence-electron chi connectivity index (χ1n) is 14.1. The Kier molecular flexibility index (Phi) is 11.3. The van der Waals surface area contributed by atoms with Gasteiger partial charge >= 0.3 is 0 Å². The summed E-state index contributed by atoms with van der Waals surface area (Å²) in [4.78, 5) is 0. The highest BCUT2D eigenvalue weighted by atomic mass is 14.0. The molecule has 0 heterocycles. The van der Waals surface area contributed by atoms with Gasteiger partial charge in [-0.1, -0.05) is 166 Å². The molecule has 0 aromatic heterocycles. The van der Waals surface area contributed by atoms with Gasteiger partial charge in [0.15, 0.2) is 0 Å². The summed E-state index contributed by atoms with van der Waals surface area (Å²) in [6.07, 6.45) is 0. The number of hydrogen-bond acceptors (Lipinski definition) is 0. The molecule has 0 atom stereocenters. The summed E-state index contributed by atoms with van der Waals surface area (Å²) < 4.78 is 0. The van der Waals surface area contributed by atoms with Crippen molar-refractivity contribution >= 4 is 21.5 Å². The molecule has 0 unspecified atom stereocenters. The van der Waals surface area contributed by atoms with Gasteiger partial charge in [-0.3, -0.25) is 0 Å². The predicted molar refractivity (Wildman–Crippen MR) is 179 cm³/mol. The number of benzene rings is 6. The van der Waals surface area contributed by atoms with Gasteiger partial charge in [-0.15, -0.1) is 0 Å². The Hall–Kier alpha value is -4.16. The lowest BCUT2D eigenvalue weighted by Gasteiger charge is -1.99. The van der Waals surface area contributed by atoms with Crippen LogP contribution in [0.1, 0.15) is 44.5 Å². The van der Waals surface area contributed by atoms with Crippen LogP contribution < -0.4 is 0 Å². The van der Waals surface area contributed by atoms with E-state index in [1.54, 1.807) is 0 Å². The smallest absolute Gasteiger partial charge is 0.0179 e. The lowest BCUT2D eigenvalue weighted by atomic mass is 10.1. The maximum absolute atomic E-state index is 2.22. The summed E-state index contributed by atoms with van der Waals surface area (Å²) in [6.45, 7) is 16.9. The highest BCUT2D eigenvalue weighted by Gasteiger charge is 1.94. The third-order valence-corrected chi connectivity index (χ3v) is 6.69. The fourth-order valence-corrected chi connectivity index (χ4v) is 4.41. The van der Waals surface area contributed by atoms with Gasteiger partial charge in [-0.25, -0.2) is 0 Å². The zero-order valence-corrected chi connectivity index (χ0v) is 25.5. The second kappa shape index (κ2) is 14.8. The van der Waals surface area contributed by atoms with Crippen LogP contribution in [0.15, 0.2) is 121 Å². The molecule has 40 heavy (non-hydrogen) atoms. The standard InChI is InChI=1S/2C12H12.2C8H10/c1-9-3-5-12-8-10(2)4-6-11(12)7-9;1-9-3-5-11-6-4-10(2)8-12(11)7-9;1-7-3-5-8(2)6-4-7;1-7-4-3-5-8(2)6-7/h2*3-8H,1-2H3;2*3-6H,1-2H3. The fourth-order valence-electron chi connectivity index (χ4n) is 4.41. The minimum atomic E-state index is 1.33. The predicted octanol–water partition coefficient (Wildman–Crippen LogP) is 11.5. The van der Waals surface area contributed by atoms with Crippen molar-refractivity contribution in [3.8, 4) is 0 Å². The van der Waals surface area contributed by atoms with E-state index in [1.165, 1.54) is 66.1 Å². The maximum Gasteiger partial charge on any atom is -0.0179 e. The minimum Gasteiger partial charge on any atom is -0.0617 e. The monoisotopic (exact) mass is 524 g/mol. The summed E-state index contributed by atoms with van der Waals surface area (Å²) in [5, 5.41) is 5.34. The van der Waals surface area contributed by atoms with E-state index >= 15 is 0 Å². The Balaban J connectivity index is 0.000000150. The van der Waals surface area contributed by atoms with Crippen molar-refractivity contribution in [1.29, 1.82) is 0 Å². The third kappa shape index (κ3) is 10.2. The van der Waals surface area contributed by atoms with Crippen LogP contribution in [0.2, 0.25) is 0 Å². The van der Waals surface area contributed by atoms with Gasteiger partial charge in [0.2, 0.25) is 0 Å². The largest absolute Gasteiger partial charge is 0.0617 e. The second-order valence-corrected chi connectivity index (χ2v) is 11.0. The molecule has 6 aromatic carbocycles. The molecule has 0 aliphatic rings. The molecule has 0 aliphatic carbocycles. The quantitative estimate of drug-likeness (QED) is 0.185. The zero-order chi connectivity index (χ0) is 29.1.